The van der Waals surface area contributed by atoms with Gasteiger partial charge in [-0.05, 0) is 24.3 Å². The van der Waals surface area contributed by atoms with E-state index in [-0.39, 0.29) is 5.78 Å². The van der Waals surface area contributed by atoms with Crippen molar-refractivity contribution in [3.8, 4) is 5.75 Å². The van der Waals surface area contributed by atoms with Crippen molar-refractivity contribution < 1.29 is 9.53 Å². The van der Waals surface area contributed by atoms with Crippen molar-refractivity contribution >= 4 is 22.8 Å². The fraction of sp³-hybridized carbons (Fsp3) is 0. The van der Waals surface area contributed by atoms with E-state index in [1.807, 2.05) is 48.7 Å². The number of hydrogen-bond acceptors (Lipinski definition) is 2. The summed E-state index contributed by atoms with van der Waals surface area (Å²) in [6.07, 6.45) is 3.68. The molecular formula is C17H11NO2. The van der Waals surface area contributed by atoms with Gasteiger partial charge in [-0.1, -0.05) is 30.3 Å². The number of ketones is 1. The first-order valence-electron chi connectivity index (χ1n) is 6.42. The number of rotatable bonds is 1. The quantitative estimate of drug-likeness (QED) is 0.677. The van der Waals surface area contributed by atoms with Crippen LogP contribution in [0.15, 0.2) is 60.5 Å². The summed E-state index contributed by atoms with van der Waals surface area (Å²) < 4.78 is 5.64. The number of aromatic nitrogens is 1. The molecule has 2 aromatic carbocycles. The van der Waals surface area contributed by atoms with Gasteiger partial charge in [0.25, 0.3) is 0 Å². The second-order valence-electron chi connectivity index (χ2n) is 4.73. The smallest absolute Gasteiger partial charge is 0.231 e. The van der Waals surface area contributed by atoms with E-state index >= 15 is 0 Å². The second kappa shape index (κ2) is 4.10. The van der Waals surface area contributed by atoms with E-state index < -0.39 is 0 Å². The van der Waals surface area contributed by atoms with Crippen LogP contribution >= 0.6 is 0 Å². The van der Waals surface area contributed by atoms with Gasteiger partial charge < -0.3 is 9.72 Å². The third kappa shape index (κ3) is 1.57. The number of ether oxygens (including phenoxy) is 1. The van der Waals surface area contributed by atoms with E-state index in [1.54, 1.807) is 12.1 Å². The summed E-state index contributed by atoms with van der Waals surface area (Å²) in [6, 6.07) is 15.3. The van der Waals surface area contributed by atoms with Crippen LogP contribution in [-0.4, -0.2) is 10.8 Å². The molecular weight excluding hydrogens is 250 g/mol. The summed E-state index contributed by atoms with van der Waals surface area (Å²) in [5, 5.41) is 1.08. The van der Waals surface area contributed by atoms with Crippen molar-refractivity contribution in [3.05, 3.63) is 71.6 Å². The van der Waals surface area contributed by atoms with Crippen molar-refractivity contribution in [2.24, 2.45) is 0 Å². The first-order chi connectivity index (χ1) is 9.83. The average molecular weight is 261 g/mol. The van der Waals surface area contributed by atoms with E-state index in [1.165, 1.54) is 0 Å². The lowest BCUT2D eigenvalue weighted by Crippen LogP contribution is -1.97. The van der Waals surface area contributed by atoms with Gasteiger partial charge >= 0.3 is 0 Å². The number of H-pyrrole nitrogens is 1. The zero-order chi connectivity index (χ0) is 13.5. The van der Waals surface area contributed by atoms with Crippen molar-refractivity contribution in [2.45, 2.75) is 0 Å². The molecule has 1 aliphatic rings. The maximum Gasteiger partial charge on any atom is 0.231 e. The second-order valence-corrected chi connectivity index (χ2v) is 4.73. The number of hydrogen-bond donors (Lipinski definition) is 1. The minimum atomic E-state index is -0.0640. The number of fused-ring (bicyclic) bond motifs is 2. The lowest BCUT2D eigenvalue weighted by atomic mass is 10.1. The van der Waals surface area contributed by atoms with Gasteiger partial charge in [-0.2, -0.15) is 0 Å². The molecule has 4 rings (SSSR count). The summed E-state index contributed by atoms with van der Waals surface area (Å²) in [4.78, 5) is 15.4. The zero-order valence-corrected chi connectivity index (χ0v) is 10.6. The van der Waals surface area contributed by atoms with Crippen molar-refractivity contribution in [3.63, 3.8) is 0 Å². The minimum Gasteiger partial charge on any atom is -0.452 e. The van der Waals surface area contributed by atoms with Gasteiger partial charge in [-0.25, -0.2) is 0 Å². The molecule has 0 amide bonds. The van der Waals surface area contributed by atoms with Crippen LogP contribution in [0, 0.1) is 0 Å². The number of carbonyl (C=O) groups excluding carboxylic acids is 1. The number of aromatic amines is 1. The maximum atomic E-state index is 12.3. The van der Waals surface area contributed by atoms with Gasteiger partial charge in [0.1, 0.15) is 5.75 Å². The Morgan fingerprint density at radius 3 is 2.70 bits per heavy atom. The maximum absolute atomic E-state index is 12.3. The van der Waals surface area contributed by atoms with Gasteiger partial charge in [-0.15, -0.1) is 0 Å². The summed E-state index contributed by atoms with van der Waals surface area (Å²) in [5.41, 5.74) is 2.62. The third-order valence-electron chi connectivity index (χ3n) is 3.48. The molecule has 0 aliphatic carbocycles. The highest BCUT2D eigenvalue weighted by atomic mass is 16.5. The Balaban J connectivity index is 1.81. The molecule has 0 fully saturated rings. The first-order valence-corrected chi connectivity index (χ1v) is 6.42. The molecule has 3 nitrogen and oxygen atoms in total. The SMILES string of the molecule is O=C1/C(=C/c2c[nH]c3ccccc23)Oc2ccccc21. The number of para-hydroxylation sites is 2. The monoisotopic (exact) mass is 261 g/mol. The van der Waals surface area contributed by atoms with E-state index in [4.69, 9.17) is 4.74 Å². The summed E-state index contributed by atoms with van der Waals surface area (Å²) >= 11 is 0. The Morgan fingerprint density at radius 2 is 1.80 bits per heavy atom. The van der Waals surface area contributed by atoms with Crippen LogP contribution in [0.4, 0.5) is 0 Å². The first kappa shape index (κ1) is 11.1. The normalized spacial score (nSPS) is 15.6. The molecule has 2 heterocycles. The van der Waals surface area contributed by atoms with Gasteiger partial charge in [0.15, 0.2) is 5.76 Å². The number of benzene rings is 2. The molecule has 0 saturated heterocycles. The predicted octanol–water partition coefficient (Wildman–Crippen LogP) is 3.78. The Hall–Kier alpha value is -2.81. The number of carbonyl (C=O) groups is 1. The molecule has 1 N–H and O–H groups in total. The van der Waals surface area contributed by atoms with E-state index in [2.05, 4.69) is 4.98 Å². The predicted molar refractivity (Wildman–Crippen MR) is 77.7 cm³/mol. The Labute approximate surface area is 115 Å². The number of Topliss-reactive ketones (excluding diaryl/α,β-unsaturated/α-hetero) is 1. The standard InChI is InChI=1S/C17H11NO2/c19-17-13-6-2-4-8-15(13)20-16(17)9-11-10-18-14-7-3-1-5-12(11)14/h1-10,18H/b16-9-. The van der Waals surface area contributed by atoms with Crippen molar-refractivity contribution in [2.75, 3.05) is 0 Å². The van der Waals surface area contributed by atoms with E-state index in [0.29, 0.717) is 17.1 Å². The molecule has 0 bridgehead atoms. The van der Waals surface area contributed by atoms with Gasteiger partial charge in [0.05, 0.1) is 5.56 Å². The molecule has 96 valence electrons. The molecule has 0 radical (unpaired) electrons. The Bertz CT molecular complexity index is 858. The lowest BCUT2D eigenvalue weighted by Gasteiger charge is -1.97. The average Bonchev–Trinajstić information content (AvgIpc) is 3.03. The van der Waals surface area contributed by atoms with Gasteiger partial charge in [0, 0.05) is 22.7 Å². The highest BCUT2D eigenvalue weighted by molar-refractivity contribution is 6.15. The third-order valence-corrected chi connectivity index (χ3v) is 3.48. The molecule has 3 heteroatoms. The van der Waals surface area contributed by atoms with E-state index in [0.717, 1.165) is 16.5 Å². The van der Waals surface area contributed by atoms with Crippen molar-refractivity contribution in [1.29, 1.82) is 0 Å². The summed E-state index contributed by atoms with van der Waals surface area (Å²) in [7, 11) is 0. The van der Waals surface area contributed by atoms with E-state index in [9.17, 15) is 4.79 Å². The van der Waals surface area contributed by atoms with Gasteiger partial charge in [0.2, 0.25) is 5.78 Å². The number of nitrogens with one attached hydrogen (secondary N) is 1. The number of allylic oxidation sites excluding steroid dienone is 1. The molecule has 0 saturated carbocycles. The molecule has 0 atom stereocenters. The van der Waals surface area contributed by atoms with Crippen LogP contribution in [0.2, 0.25) is 0 Å². The highest BCUT2D eigenvalue weighted by Gasteiger charge is 2.26. The topological polar surface area (TPSA) is 42.1 Å². The highest BCUT2D eigenvalue weighted by Crippen LogP contribution is 2.32. The molecule has 3 aromatic rings. The molecule has 20 heavy (non-hydrogen) atoms. The van der Waals surface area contributed by atoms with Crippen LogP contribution in [0.3, 0.4) is 0 Å². The minimum absolute atomic E-state index is 0.0640. The van der Waals surface area contributed by atoms with Crippen LogP contribution < -0.4 is 4.74 Å². The van der Waals surface area contributed by atoms with Crippen LogP contribution in [0.1, 0.15) is 15.9 Å². The van der Waals surface area contributed by atoms with Crippen LogP contribution in [-0.2, 0) is 0 Å². The fourth-order valence-electron chi connectivity index (χ4n) is 2.49. The summed E-state index contributed by atoms with van der Waals surface area (Å²) in [6.45, 7) is 0. The summed E-state index contributed by atoms with van der Waals surface area (Å²) in [5.74, 6) is 0.936. The van der Waals surface area contributed by atoms with Crippen LogP contribution in [0.5, 0.6) is 5.75 Å². The Kier molecular flexibility index (Phi) is 2.27. The largest absolute Gasteiger partial charge is 0.452 e. The van der Waals surface area contributed by atoms with Crippen LogP contribution in [0.25, 0.3) is 17.0 Å². The molecule has 1 aliphatic heterocycles. The van der Waals surface area contributed by atoms with Gasteiger partial charge in [-0.3, -0.25) is 4.79 Å². The molecule has 0 unspecified atom stereocenters. The fourth-order valence-corrected chi connectivity index (χ4v) is 2.49. The molecule has 1 aromatic heterocycles. The lowest BCUT2D eigenvalue weighted by molar-refractivity contribution is 0.101. The molecule has 0 spiro atoms. The Morgan fingerprint density at radius 1 is 1.00 bits per heavy atom. The zero-order valence-electron chi connectivity index (χ0n) is 10.6. The van der Waals surface area contributed by atoms with Crippen molar-refractivity contribution in [1.82, 2.24) is 4.98 Å².